The maximum absolute atomic E-state index is 12.7. The van der Waals surface area contributed by atoms with Crippen molar-refractivity contribution in [3.05, 3.63) is 83.2 Å². The minimum Gasteiger partial charge on any atom is -0.457 e. The number of aryl methyl sites for hydroxylation is 2. The minimum atomic E-state index is -0.195. The molecule has 1 heterocycles. The fourth-order valence-electron chi connectivity index (χ4n) is 3.48. The summed E-state index contributed by atoms with van der Waals surface area (Å²) in [6.07, 6.45) is 2.18. The molecule has 0 radical (unpaired) electrons. The molecular formula is C27H32N2O3. The highest BCUT2D eigenvalue weighted by Gasteiger charge is 2.15. The third-order valence-corrected chi connectivity index (χ3v) is 5.05. The van der Waals surface area contributed by atoms with Crippen LogP contribution in [-0.4, -0.2) is 17.0 Å². The van der Waals surface area contributed by atoms with Crippen LogP contribution in [0, 0.1) is 6.92 Å². The molecule has 0 saturated heterocycles. The van der Waals surface area contributed by atoms with Gasteiger partial charge in [0, 0.05) is 5.69 Å². The van der Waals surface area contributed by atoms with Gasteiger partial charge in [-0.15, -0.1) is 0 Å². The molecule has 0 aliphatic rings. The quantitative estimate of drug-likeness (QED) is 0.401. The van der Waals surface area contributed by atoms with Gasteiger partial charge < -0.3 is 14.8 Å². The summed E-state index contributed by atoms with van der Waals surface area (Å²) < 4.78 is 11.7. The number of amides is 1. The molecule has 1 unspecified atom stereocenters. The minimum absolute atomic E-state index is 0.113. The van der Waals surface area contributed by atoms with E-state index in [2.05, 4.69) is 29.4 Å². The van der Waals surface area contributed by atoms with E-state index >= 15 is 0 Å². The SMILES string of the molecule is CCCc1ccc(Oc2ccc(NC(=O)c3ccc(C(C)OC(C)C)nc3C)cc2)cc1. The zero-order valence-electron chi connectivity index (χ0n) is 19.5. The van der Waals surface area contributed by atoms with Crippen molar-refractivity contribution in [2.75, 3.05) is 5.32 Å². The molecule has 3 aromatic rings. The lowest BCUT2D eigenvalue weighted by Crippen LogP contribution is -2.16. The molecule has 3 rings (SSSR count). The van der Waals surface area contributed by atoms with E-state index in [0.717, 1.165) is 24.3 Å². The predicted molar refractivity (Wildman–Crippen MR) is 129 cm³/mol. The third kappa shape index (κ3) is 6.41. The molecule has 0 fully saturated rings. The van der Waals surface area contributed by atoms with E-state index in [1.165, 1.54) is 5.56 Å². The summed E-state index contributed by atoms with van der Waals surface area (Å²) in [4.78, 5) is 17.3. The normalized spacial score (nSPS) is 11.9. The number of nitrogens with zero attached hydrogens (tertiary/aromatic N) is 1. The van der Waals surface area contributed by atoms with E-state index < -0.39 is 0 Å². The van der Waals surface area contributed by atoms with Crippen molar-refractivity contribution < 1.29 is 14.3 Å². The highest BCUT2D eigenvalue weighted by atomic mass is 16.5. The lowest BCUT2D eigenvalue weighted by molar-refractivity contribution is 0.0154. The van der Waals surface area contributed by atoms with E-state index in [1.807, 2.05) is 70.2 Å². The first kappa shape index (κ1) is 23.5. The fraction of sp³-hybridized carbons (Fsp3) is 0.333. The second-order valence-electron chi connectivity index (χ2n) is 8.17. The summed E-state index contributed by atoms with van der Waals surface area (Å²) in [6, 6.07) is 19.1. The Balaban J connectivity index is 1.61. The number of hydrogen-bond donors (Lipinski definition) is 1. The van der Waals surface area contributed by atoms with Crippen LogP contribution in [0.1, 0.15) is 67.5 Å². The van der Waals surface area contributed by atoms with Crippen LogP contribution in [0.5, 0.6) is 11.5 Å². The standard InChI is InChI=1S/C27H32N2O3/c1-6-7-21-8-12-23(13-9-21)32-24-14-10-22(11-15-24)29-27(30)25-16-17-26(28-19(25)4)20(5)31-18(2)3/h8-18,20H,6-7H2,1-5H3,(H,29,30). The Morgan fingerprint density at radius 2 is 1.56 bits per heavy atom. The van der Waals surface area contributed by atoms with Gasteiger partial charge in [-0.25, -0.2) is 0 Å². The smallest absolute Gasteiger partial charge is 0.257 e. The van der Waals surface area contributed by atoms with Crippen molar-refractivity contribution in [3.8, 4) is 11.5 Å². The summed E-state index contributed by atoms with van der Waals surface area (Å²) in [5, 5.41) is 2.93. The number of carbonyl (C=O) groups excluding carboxylic acids is 1. The van der Waals surface area contributed by atoms with Crippen molar-refractivity contribution in [2.24, 2.45) is 0 Å². The zero-order valence-corrected chi connectivity index (χ0v) is 19.5. The molecule has 168 valence electrons. The molecule has 0 spiro atoms. The Morgan fingerprint density at radius 1 is 0.938 bits per heavy atom. The Bertz CT molecular complexity index is 1030. The van der Waals surface area contributed by atoms with E-state index in [9.17, 15) is 4.79 Å². The van der Waals surface area contributed by atoms with E-state index in [4.69, 9.17) is 9.47 Å². The van der Waals surface area contributed by atoms with Crippen molar-refractivity contribution in [1.82, 2.24) is 4.98 Å². The first-order valence-corrected chi connectivity index (χ1v) is 11.2. The number of anilines is 1. The average Bonchev–Trinajstić information content (AvgIpc) is 2.76. The summed E-state index contributed by atoms with van der Waals surface area (Å²) in [5.74, 6) is 1.31. The molecule has 32 heavy (non-hydrogen) atoms. The number of rotatable bonds is 9. The van der Waals surface area contributed by atoms with E-state index in [1.54, 1.807) is 6.07 Å². The average molecular weight is 433 g/mol. The van der Waals surface area contributed by atoms with Crippen LogP contribution < -0.4 is 10.1 Å². The summed E-state index contributed by atoms with van der Waals surface area (Å²) >= 11 is 0. The van der Waals surface area contributed by atoms with Crippen LogP contribution in [-0.2, 0) is 11.2 Å². The van der Waals surface area contributed by atoms with Crippen molar-refractivity contribution in [1.29, 1.82) is 0 Å². The van der Waals surface area contributed by atoms with E-state index in [0.29, 0.717) is 22.7 Å². The lowest BCUT2D eigenvalue weighted by Gasteiger charge is -2.17. The highest BCUT2D eigenvalue weighted by Crippen LogP contribution is 2.24. The van der Waals surface area contributed by atoms with Gasteiger partial charge in [-0.05, 0) is 88.2 Å². The number of carbonyl (C=O) groups is 1. The number of ether oxygens (including phenoxy) is 2. The molecule has 0 bridgehead atoms. The van der Waals surface area contributed by atoms with Crippen LogP contribution in [0.4, 0.5) is 5.69 Å². The van der Waals surface area contributed by atoms with Gasteiger partial charge in [-0.3, -0.25) is 9.78 Å². The Kier molecular flexibility index (Phi) is 8.01. The number of hydrogen-bond acceptors (Lipinski definition) is 4. The monoisotopic (exact) mass is 432 g/mol. The molecule has 2 aromatic carbocycles. The van der Waals surface area contributed by atoms with Crippen LogP contribution in [0.3, 0.4) is 0 Å². The maximum Gasteiger partial charge on any atom is 0.257 e. The summed E-state index contributed by atoms with van der Waals surface area (Å²) in [7, 11) is 0. The van der Waals surface area contributed by atoms with Crippen LogP contribution in [0.25, 0.3) is 0 Å². The molecule has 0 aliphatic heterocycles. The number of benzene rings is 2. The highest BCUT2D eigenvalue weighted by molar-refractivity contribution is 6.05. The second kappa shape index (κ2) is 10.9. The van der Waals surface area contributed by atoms with Gasteiger partial charge in [0.2, 0.25) is 0 Å². The molecule has 0 aliphatic carbocycles. The summed E-state index contributed by atoms with van der Waals surface area (Å²) in [6.45, 7) is 9.95. The molecule has 5 nitrogen and oxygen atoms in total. The topological polar surface area (TPSA) is 60.5 Å². The van der Waals surface area contributed by atoms with Crippen LogP contribution >= 0.6 is 0 Å². The van der Waals surface area contributed by atoms with Crippen LogP contribution in [0.2, 0.25) is 0 Å². The van der Waals surface area contributed by atoms with Gasteiger partial charge in [0.25, 0.3) is 5.91 Å². The van der Waals surface area contributed by atoms with Gasteiger partial charge in [-0.1, -0.05) is 25.5 Å². The van der Waals surface area contributed by atoms with Gasteiger partial charge >= 0.3 is 0 Å². The van der Waals surface area contributed by atoms with Gasteiger partial charge in [0.1, 0.15) is 11.5 Å². The Morgan fingerprint density at radius 3 is 2.12 bits per heavy atom. The number of aromatic nitrogens is 1. The second-order valence-corrected chi connectivity index (χ2v) is 8.17. The molecule has 1 aromatic heterocycles. The molecule has 1 atom stereocenters. The van der Waals surface area contributed by atoms with Gasteiger partial charge in [0.05, 0.1) is 29.2 Å². The zero-order chi connectivity index (χ0) is 23.1. The van der Waals surface area contributed by atoms with Crippen molar-refractivity contribution in [2.45, 2.75) is 59.7 Å². The fourth-order valence-corrected chi connectivity index (χ4v) is 3.48. The molecular weight excluding hydrogens is 400 g/mol. The summed E-state index contributed by atoms with van der Waals surface area (Å²) in [5.41, 5.74) is 4.03. The Labute approximate surface area is 190 Å². The first-order chi connectivity index (χ1) is 15.4. The van der Waals surface area contributed by atoms with Crippen LogP contribution in [0.15, 0.2) is 60.7 Å². The predicted octanol–water partition coefficient (Wildman–Crippen LogP) is 6.87. The largest absolute Gasteiger partial charge is 0.457 e. The maximum atomic E-state index is 12.7. The van der Waals surface area contributed by atoms with E-state index in [-0.39, 0.29) is 18.1 Å². The molecule has 5 heteroatoms. The first-order valence-electron chi connectivity index (χ1n) is 11.2. The molecule has 0 saturated carbocycles. The van der Waals surface area contributed by atoms with Gasteiger partial charge in [0.15, 0.2) is 0 Å². The molecule has 1 N–H and O–H groups in total. The van der Waals surface area contributed by atoms with Gasteiger partial charge in [-0.2, -0.15) is 0 Å². The lowest BCUT2D eigenvalue weighted by atomic mass is 10.1. The Hall–Kier alpha value is -3.18. The van der Waals surface area contributed by atoms with Crippen molar-refractivity contribution >= 4 is 11.6 Å². The number of nitrogens with one attached hydrogen (secondary N) is 1. The third-order valence-electron chi connectivity index (χ3n) is 5.05. The number of pyridine rings is 1. The van der Waals surface area contributed by atoms with Crippen molar-refractivity contribution in [3.63, 3.8) is 0 Å². The molecule has 1 amide bonds.